The van der Waals surface area contributed by atoms with Crippen LogP contribution in [0.15, 0.2) is 27.8 Å². The predicted molar refractivity (Wildman–Crippen MR) is 122 cm³/mol. The van der Waals surface area contributed by atoms with Crippen LogP contribution in [-0.4, -0.2) is 48.2 Å². The zero-order valence-electron chi connectivity index (χ0n) is 18.6. The molecule has 1 aromatic carbocycles. The van der Waals surface area contributed by atoms with Gasteiger partial charge in [0, 0.05) is 38.3 Å². The van der Waals surface area contributed by atoms with Crippen molar-refractivity contribution >= 4 is 29.0 Å². The van der Waals surface area contributed by atoms with Crippen molar-refractivity contribution in [2.75, 3.05) is 42.3 Å². The molecule has 0 radical (unpaired) electrons. The Bertz CT molecular complexity index is 1200. The van der Waals surface area contributed by atoms with Gasteiger partial charge in [-0.1, -0.05) is 13.3 Å². The van der Waals surface area contributed by atoms with E-state index in [2.05, 4.69) is 4.98 Å². The second-order valence-corrected chi connectivity index (χ2v) is 8.13. The number of rotatable bonds is 6. The van der Waals surface area contributed by atoms with Crippen LogP contribution in [0.5, 0.6) is 11.5 Å². The number of aromatic nitrogens is 2. The van der Waals surface area contributed by atoms with Gasteiger partial charge >= 0.3 is 5.69 Å². The number of fused-ring (bicyclic) bond motifs is 1. The van der Waals surface area contributed by atoms with Crippen LogP contribution in [-0.2, 0) is 16.1 Å². The van der Waals surface area contributed by atoms with Crippen LogP contribution in [0.2, 0.25) is 0 Å². The number of nitrogens with zero attached hydrogens (tertiary/aromatic N) is 3. The molecule has 11 heteroatoms. The third-order valence-corrected chi connectivity index (χ3v) is 5.93. The predicted octanol–water partition coefficient (Wildman–Crippen LogP) is 0.706. The highest BCUT2D eigenvalue weighted by Gasteiger charge is 2.38. The Balaban J connectivity index is 1.56. The molecule has 0 aliphatic carbocycles. The first-order chi connectivity index (χ1) is 15.8. The zero-order valence-corrected chi connectivity index (χ0v) is 18.6. The molecule has 1 saturated heterocycles. The molecule has 1 aromatic heterocycles. The summed E-state index contributed by atoms with van der Waals surface area (Å²) in [6, 6.07) is 5.20. The fraction of sp³-hybridized carbons (Fsp3) is 0.455. The molecule has 2 aromatic rings. The van der Waals surface area contributed by atoms with Crippen molar-refractivity contribution in [3.63, 3.8) is 0 Å². The van der Waals surface area contributed by atoms with Gasteiger partial charge in [0.2, 0.25) is 11.8 Å². The first kappa shape index (κ1) is 22.4. The number of hydrogen-bond donors (Lipinski definition) is 2. The number of unbranched alkanes of at least 4 members (excludes halogenated alkanes) is 1. The Kier molecular flexibility index (Phi) is 6.12. The van der Waals surface area contributed by atoms with Crippen molar-refractivity contribution in [3.8, 4) is 11.5 Å². The van der Waals surface area contributed by atoms with E-state index in [0.29, 0.717) is 43.4 Å². The molecule has 2 amide bonds. The molecule has 1 fully saturated rings. The van der Waals surface area contributed by atoms with Gasteiger partial charge in [-0.2, -0.15) is 0 Å². The van der Waals surface area contributed by atoms with Crippen molar-refractivity contribution < 1.29 is 19.1 Å². The van der Waals surface area contributed by atoms with E-state index in [1.807, 2.05) is 6.92 Å². The van der Waals surface area contributed by atoms with Crippen molar-refractivity contribution in [2.45, 2.75) is 32.7 Å². The van der Waals surface area contributed by atoms with E-state index in [1.54, 1.807) is 18.2 Å². The molecule has 176 valence electrons. The molecule has 0 bridgehead atoms. The minimum absolute atomic E-state index is 0.00903. The quantitative estimate of drug-likeness (QED) is 0.651. The molecule has 33 heavy (non-hydrogen) atoms. The Hall–Kier alpha value is -3.76. The number of nitrogen functional groups attached to an aromatic ring is 1. The standard InChI is InChI=1S/C22H27N5O6/c1-3-4-7-26-19(23)18(20(29)24-22(26)31)25(2)21(30)13-10-17(28)27(12-13)14-5-6-15-16(11-14)33-9-8-32-15/h5-6,11,13H,3-4,7-10,12,23H2,1-2H3,(H,24,29,31). The summed E-state index contributed by atoms with van der Waals surface area (Å²) < 4.78 is 12.4. The van der Waals surface area contributed by atoms with Crippen molar-refractivity contribution in [3.05, 3.63) is 39.0 Å². The molecule has 2 aliphatic heterocycles. The van der Waals surface area contributed by atoms with E-state index in [9.17, 15) is 19.2 Å². The lowest BCUT2D eigenvalue weighted by molar-refractivity contribution is -0.124. The number of ether oxygens (including phenoxy) is 2. The average Bonchev–Trinajstić information content (AvgIpc) is 3.19. The highest BCUT2D eigenvalue weighted by atomic mass is 16.6. The summed E-state index contributed by atoms with van der Waals surface area (Å²) in [7, 11) is 1.43. The topological polar surface area (TPSA) is 140 Å². The first-order valence-corrected chi connectivity index (χ1v) is 10.9. The molecule has 1 atom stereocenters. The van der Waals surface area contributed by atoms with Gasteiger partial charge in [0.15, 0.2) is 17.2 Å². The lowest BCUT2D eigenvalue weighted by Gasteiger charge is -2.24. The third kappa shape index (κ3) is 4.18. The minimum atomic E-state index is -0.742. The van der Waals surface area contributed by atoms with Gasteiger partial charge in [0.1, 0.15) is 19.0 Å². The monoisotopic (exact) mass is 457 g/mol. The number of carbonyl (C=O) groups is 2. The van der Waals surface area contributed by atoms with Gasteiger partial charge in [-0.15, -0.1) is 0 Å². The van der Waals surface area contributed by atoms with Crippen LogP contribution >= 0.6 is 0 Å². The summed E-state index contributed by atoms with van der Waals surface area (Å²) in [5, 5.41) is 0. The van der Waals surface area contributed by atoms with E-state index in [-0.39, 0.29) is 30.4 Å². The van der Waals surface area contributed by atoms with Crippen molar-refractivity contribution in [1.82, 2.24) is 9.55 Å². The number of anilines is 3. The highest BCUT2D eigenvalue weighted by Crippen LogP contribution is 2.36. The summed E-state index contributed by atoms with van der Waals surface area (Å²) in [5.74, 6) is -0.231. The second-order valence-electron chi connectivity index (χ2n) is 8.13. The lowest BCUT2D eigenvalue weighted by atomic mass is 10.1. The van der Waals surface area contributed by atoms with Crippen LogP contribution in [0.4, 0.5) is 17.2 Å². The van der Waals surface area contributed by atoms with Crippen LogP contribution in [0.1, 0.15) is 26.2 Å². The number of H-pyrrole nitrogens is 1. The summed E-state index contributed by atoms with van der Waals surface area (Å²) in [6.45, 7) is 3.33. The molecular weight excluding hydrogens is 430 g/mol. The van der Waals surface area contributed by atoms with E-state index >= 15 is 0 Å². The molecule has 3 heterocycles. The Labute approximate surface area is 189 Å². The smallest absolute Gasteiger partial charge is 0.330 e. The molecule has 0 spiro atoms. The number of nitrogens with one attached hydrogen (secondary N) is 1. The van der Waals surface area contributed by atoms with E-state index in [0.717, 1.165) is 11.3 Å². The maximum absolute atomic E-state index is 13.2. The Morgan fingerprint density at radius 2 is 1.94 bits per heavy atom. The van der Waals surface area contributed by atoms with Gasteiger partial charge in [0.25, 0.3) is 5.56 Å². The van der Waals surface area contributed by atoms with Gasteiger partial charge in [-0.25, -0.2) is 4.79 Å². The first-order valence-electron chi connectivity index (χ1n) is 10.9. The fourth-order valence-electron chi connectivity index (χ4n) is 4.15. The van der Waals surface area contributed by atoms with Gasteiger partial charge in [-0.05, 0) is 18.6 Å². The summed E-state index contributed by atoms with van der Waals surface area (Å²) >= 11 is 0. The summed E-state index contributed by atoms with van der Waals surface area (Å²) in [4.78, 5) is 55.5. The Morgan fingerprint density at radius 3 is 2.67 bits per heavy atom. The van der Waals surface area contributed by atoms with Crippen LogP contribution in [0.3, 0.4) is 0 Å². The summed E-state index contributed by atoms with van der Waals surface area (Å²) in [5.41, 5.74) is 5.27. The number of hydrogen-bond acceptors (Lipinski definition) is 7. The largest absolute Gasteiger partial charge is 0.486 e. The Morgan fingerprint density at radius 1 is 1.21 bits per heavy atom. The number of amides is 2. The molecular formula is C22H27N5O6. The number of nitrogens with two attached hydrogens (primary N) is 1. The maximum Gasteiger partial charge on any atom is 0.330 e. The van der Waals surface area contributed by atoms with Gasteiger partial charge in [0.05, 0.1) is 5.92 Å². The minimum Gasteiger partial charge on any atom is -0.486 e. The highest BCUT2D eigenvalue weighted by molar-refractivity contribution is 6.05. The number of benzene rings is 1. The molecule has 11 nitrogen and oxygen atoms in total. The second kappa shape index (κ2) is 9.00. The van der Waals surface area contributed by atoms with Crippen molar-refractivity contribution in [1.29, 1.82) is 0 Å². The molecule has 3 N–H and O–H groups in total. The molecule has 2 aliphatic rings. The summed E-state index contributed by atoms with van der Waals surface area (Å²) in [6.07, 6.45) is 1.51. The van der Waals surface area contributed by atoms with Crippen LogP contribution < -0.4 is 36.3 Å². The van der Waals surface area contributed by atoms with Crippen LogP contribution in [0.25, 0.3) is 0 Å². The fourth-order valence-corrected chi connectivity index (χ4v) is 4.15. The van der Waals surface area contributed by atoms with Gasteiger partial charge in [-0.3, -0.25) is 23.9 Å². The van der Waals surface area contributed by atoms with E-state index in [1.165, 1.54) is 16.5 Å². The van der Waals surface area contributed by atoms with E-state index < -0.39 is 23.1 Å². The molecule has 0 saturated carbocycles. The SMILES string of the molecule is CCCCn1c(N)c(N(C)C(=O)C2CC(=O)N(c3ccc4c(c3)OCCO4)C2)c(=O)[nH]c1=O. The number of carbonyl (C=O) groups excluding carboxylic acids is 2. The molecule has 4 rings (SSSR count). The third-order valence-electron chi connectivity index (χ3n) is 5.93. The normalized spacial score (nSPS) is 17.3. The zero-order chi connectivity index (χ0) is 23.7. The van der Waals surface area contributed by atoms with E-state index in [4.69, 9.17) is 15.2 Å². The molecule has 1 unspecified atom stereocenters. The van der Waals surface area contributed by atoms with Gasteiger partial charge < -0.3 is 25.0 Å². The average molecular weight is 457 g/mol. The maximum atomic E-state index is 13.2. The lowest BCUT2D eigenvalue weighted by Crippen LogP contribution is -2.42. The van der Waals surface area contributed by atoms with Crippen LogP contribution in [0, 0.1) is 5.92 Å². The number of aromatic amines is 1. The van der Waals surface area contributed by atoms with Crippen molar-refractivity contribution in [2.24, 2.45) is 5.92 Å².